The zero-order valence-corrected chi connectivity index (χ0v) is 13.7. The molecule has 0 aromatic heterocycles. The monoisotopic (exact) mass is 318 g/mol. The maximum absolute atomic E-state index is 12.0. The number of hydrogen-bond donors (Lipinski definition) is 2. The summed E-state index contributed by atoms with van der Waals surface area (Å²) in [5, 5.41) is 5.95. The molecule has 0 saturated heterocycles. The second-order valence-corrected chi connectivity index (χ2v) is 6.42. The van der Waals surface area contributed by atoms with Gasteiger partial charge in [-0.25, -0.2) is 4.79 Å². The van der Waals surface area contributed by atoms with Crippen molar-refractivity contribution in [2.75, 3.05) is 19.8 Å². The van der Waals surface area contributed by atoms with Crippen LogP contribution in [0.3, 0.4) is 0 Å². The van der Waals surface area contributed by atoms with E-state index in [4.69, 9.17) is 9.47 Å². The minimum Gasteiger partial charge on any atom is -0.491 e. The van der Waals surface area contributed by atoms with E-state index in [1.807, 2.05) is 31.2 Å². The molecule has 0 radical (unpaired) electrons. The highest BCUT2D eigenvalue weighted by atomic mass is 16.5. The number of amides is 2. The molecule has 0 spiro atoms. The van der Waals surface area contributed by atoms with Gasteiger partial charge >= 0.3 is 6.03 Å². The molecule has 1 aromatic carbocycles. The maximum Gasteiger partial charge on any atom is 0.315 e. The fourth-order valence-electron chi connectivity index (χ4n) is 3.33. The van der Waals surface area contributed by atoms with Crippen LogP contribution in [-0.2, 0) is 11.2 Å². The van der Waals surface area contributed by atoms with E-state index in [0.29, 0.717) is 18.6 Å². The molecule has 0 bridgehead atoms. The first-order valence-corrected chi connectivity index (χ1v) is 8.61. The van der Waals surface area contributed by atoms with Gasteiger partial charge in [0.1, 0.15) is 12.4 Å². The first-order valence-electron chi connectivity index (χ1n) is 8.61. The Bertz CT molecular complexity index is 529. The van der Waals surface area contributed by atoms with E-state index in [9.17, 15) is 4.79 Å². The van der Waals surface area contributed by atoms with Crippen LogP contribution in [0.15, 0.2) is 24.3 Å². The van der Waals surface area contributed by atoms with Crippen LogP contribution in [0.5, 0.6) is 5.75 Å². The van der Waals surface area contributed by atoms with Gasteiger partial charge in [0.2, 0.25) is 0 Å². The van der Waals surface area contributed by atoms with Gasteiger partial charge in [0.25, 0.3) is 0 Å². The Morgan fingerprint density at radius 3 is 3.00 bits per heavy atom. The van der Waals surface area contributed by atoms with Crippen molar-refractivity contribution >= 4 is 6.03 Å². The number of para-hydroxylation sites is 1. The standard InChI is InChI=1S/C18H26N2O3/c1-2-22-16-9-13(10-16)7-8-19-18(21)20-15-11-14-5-3-4-6-17(14)23-12-15/h3-6,13,15-16H,2,7-12H2,1H3,(H2,19,20,21)/t13?,15-,16?/m1/s1. The molecule has 1 fully saturated rings. The lowest BCUT2D eigenvalue weighted by molar-refractivity contribution is -0.0261. The van der Waals surface area contributed by atoms with Gasteiger partial charge in [0.15, 0.2) is 0 Å². The molecule has 3 rings (SSSR count). The molecule has 126 valence electrons. The third-order valence-electron chi connectivity index (χ3n) is 4.65. The molecule has 1 aliphatic carbocycles. The van der Waals surface area contributed by atoms with Gasteiger partial charge in [0, 0.05) is 13.2 Å². The first-order chi connectivity index (χ1) is 11.2. The minimum absolute atomic E-state index is 0.0379. The summed E-state index contributed by atoms with van der Waals surface area (Å²) in [6, 6.07) is 7.93. The van der Waals surface area contributed by atoms with Crippen LogP contribution in [0.25, 0.3) is 0 Å². The highest BCUT2D eigenvalue weighted by Gasteiger charge is 2.29. The molecule has 2 N–H and O–H groups in total. The molecule has 1 saturated carbocycles. The summed E-state index contributed by atoms with van der Waals surface area (Å²) >= 11 is 0. The topological polar surface area (TPSA) is 59.6 Å². The van der Waals surface area contributed by atoms with E-state index < -0.39 is 0 Å². The molecular formula is C18H26N2O3. The van der Waals surface area contributed by atoms with Crippen LogP contribution in [-0.4, -0.2) is 37.9 Å². The molecule has 5 nitrogen and oxygen atoms in total. The fourth-order valence-corrected chi connectivity index (χ4v) is 3.33. The summed E-state index contributed by atoms with van der Waals surface area (Å²) in [6.07, 6.45) is 4.55. The highest BCUT2D eigenvalue weighted by Crippen LogP contribution is 2.32. The zero-order valence-electron chi connectivity index (χ0n) is 13.7. The van der Waals surface area contributed by atoms with Crippen molar-refractivity contribution in [1.29, 1.82) is 0 Å². The predicted octanol–water partition coefficient (Wildman–Crippen LogP) is 2.49. The third-order valence-corrected chi connectivity index (χ3v) is 4.65. The highest BCUT2D eigenvalue weighted by molar-refractivity contribution is 5.74. The molecule has 23 heavy (non-hydrogen) atoms. The molecule has 1 aromatic rings. The Balaban J connectivity index is 1.32. The molecule has 1 heterocycles. The van der Waals surface area contributed by atoms with Crippen molar-refractivity contribution in [3.05, 3.63) is 29.8 Å². The van der Waals surface area contributed by atoms with Gasteiger partial charge in [-0.15, -0.1) is 0 Å². The van der Waals surface area contributed by atoms with Gasteiger partial charge in [-0.1, -0.05) is 18.2 Å². The molecule has 2 aliphatic rings. The Morgan fingerprint density at radius 2 is 2.17 bits per heavy atom. The van der Waals surface area contributed by atoms with Gasteiger partial charge in [-0.05, 0) is 50.2 Å². The van der Waals surface area contributed by atoms with E-state index in [-0.39, 0.29) is 12.1 Å². The molecule has 1 atom stereocenters. The quantitative estimate of drug-likeness (QED) is 0.847. The van der Waals surface area contributed by atoms with Crippen molar-refractivity contribution in [2.45, 2.75) is 44.8 Å². The predicted molar refractivity (Wildman–Crippen MR) is 88.7 cm³/mol. The lowest BCUT2D eigenvalue weighted by atomic mass is 9.80. The summed E-state index contributed by atoms with van der Waals surface area (Å²) in [5.41, 5.74) is 1.15. The number of carbonyl (C=O) groups excluding carboxylic acids is 1. The smallest absolute Gasteiger partial charge is 0.315 e. The number of rotatable bonds is 6. The van der Waals surface area contributed by atoms with Gasteiger partial charge < -0.3 is 20.1 Å². The van der Waals surface area contributed by atoms with E-state index in [1.165, 1.54) is 0 Å². The Morgan fingerprint density at radius 1 is 1.35 bits per heavy atom. The molecule has 1 aliphatic heterocycles. The van der Waals surface area contributed by atoms with Crippen molar-refractivity contribution in [2.24, 2.45) is 5.92 Å². The molecule has 0 unspecified atom stereocenters. The summed E-state index contributed by atoms with van der Waals surface area (Å²) in [7, 11) is 0. The Kier molecular flexibility index (Phi) is 5.39. The SMILES string of the molecule is CCOC1CC(CCNC(=O)N[C@H]2COc3ccccc3C2)C1. The van der Waals surface area contributed by atoms with Crippen LogP contribution in [0.1, 0.15) is 31.7 Å². The van der Waals surface area contributed by atoms with E-state index in [2.05, 4.69) is 10.6 Å². The average Bonchev–Trinajstić information content (AvgIpc) is 2.52. The summed E-state index contributed by atoms with van der Waals surface area (Å²) in [5.74, 6) is 1.62. The van der Waals surface area contributed by atoms with Crippen molar-refractivity contribution in [3.63, 3.8) is 0 Å². The van der Waals surface area contributed by atoms with Crippen molar-refractivity contribution < 1.29 is 14.3 Å². The summed E-state index contributed by atoms with van der Waals surface area (Å²) in [6.45, 7) is 4.08. The second-order valence-electron chi connectivity index (χ2n) is 6.42. The molecule has 5 heteroatoms. The number of benzene rings is 1. The fraction of sp³-hybridized carbons (Fsp3) is 0.611. The minimum atomic E-state index is -0.0985. The largest absolute Gasteiger partial charge is 0.491 e. The third kappa shape index (κ3) is 4.38. The maximum atomic E-state index is 12.0. The first kappa shape index (κ1) is 16.1. The normalized spacial score (nSPS) is 25.7. The lowest BCUT2D eigenvalue weighted by Crippen LogP contribution is -2.47. The van der Waals surface area contributed by atoms with Crippen LogP contribution >= 0.6 is 0 Å². The van der Waals surface area contributed by atoms with Crippen molar-refractivity contribution in [1.82, 2.24) is 10.6 Å². The van der Waals surface area contributed by atoms with Crippen molar-refractivity contribution in [3.8, 4) is 5.75 Å². The number of urea groups is 1. The van der Waals surface area contributed by atoms with E-state index in [1.54, 1.807) is 0 Å². The Hall–Kier alpha value is -1.75. The number of ether oxygens (including phenoxy) is 2. The molecule has 2 amide bonds. The molecular weight excluding hydrogens is 292 g/mol. The summed E-state index contributed by atoms with van der Waals surface area (Å²) in [4.78, 5) is 12.0. The van der Waals surface area contributed by atoms with Gasteiger partial charge in [-0.3, -0.25) is 0 Å². The van der Waals surface area contributed by atoms with E-state index in [0.717, 1.165) is 50.1 Å². The van der Waals surface area contributed by atoms with Gasteiger partial charge in [-0.2, -0.15) is 0 Å². The Labute approximate surface area is 137 Å². The van der Waals surface area contributed by atoms with Crippen LogP contribution in [0.2, 0.25) is 0 Å². The second kappa shape index (κ2) is 7.68. The average molecular weight is 318 g/mol. The zero-order chi connectivity index (χ0) is 16.1. The van der Waals surface area contributed by atoms with Crippen LogP contribution < -0.4 is 15.4 Å². The van der Waals surface area contributed by atoms with Crippen LogP contribution in [0.4, 0.5) is 4.79 Å². The number of nitrogens with one attached hydrogen (secondary N) is 2. The van der Waals surface area contributed by atoms with Crippen LogP contribution in [0, 0.1) is 5.92 Å². The number of hydrogen-bond acceptors (Lipinski definition) is 3. The summed E-state index contributed by atoms with van der Waals surface area (Å²) < 4.78 is 11.2. The van der Waals surface area contributed by atoms with Gasteiger partial charge in [0.05, 0.1) is 12.1 Å². The number of carbonyl (C=O) groups is 1. The van der Waals surface area contributed by atoms with E-state index >= 15 is 0 Å². The number of fused-ring (bicyclic) bond motifs is 1. The lowest BCUT2D eigenvalue weighted by Gasteiger charge is -2.35.